The first kappa shape index (κ1) is 24.4. The monoisotopic (exact) mass is 477 g/mol. The van der Waals surface area contributed by atoms with E-state index in [4.69, 9.17) is 9.47 Å². The van der Waals surface area contributed by atoms with Gasteiger partial charge in [-0.3, -0.25) is 9.59 Å². The second-order valence-corrected chi connectivity index (χ2v) is 10.5. The largest absolute Gasteiger partial charge is 0.460 e. The van der Waals surface area contributed by atoms with Crippen molar-refractivity contribution in [2.24, 2.45) is 0 Å². The van der Waals surface area contributed by atoms with Crippen LogP contribution in [0.5, 0.6) is 0 Å². The van der Waals surface area contributed by atoms with Crippen LogP contribution in [-0.2, 0) is 28.9 Å². The number of fused-ring (bicyclic) bond motifs is 3. The fraction of sp³-hybridized carbons (Fsp3) is 0.348. The molecule has 1 atom stereocenters. The normalized spacial score (nSPS) is 15.3. The Morgan fingerprint density at radius 3 is 2.45 bits per heavy atom. The van der Waals surface area contributed by atoms with E-state index in [0.717, 1.165) is 10.8 Å². The zero-order chi connectivity index (χ0) is 24.4. The van der Waals surface area contributed by atoms with E-state index in [-0.39, 0.29) is 22.6 Å². The zero-order valence-electron chi connectivity index (χ0n) is 18.4. The molecule has 1 aliphatic rings. The van der Waals surface area contributed by atoms with E-state index < -0.39 is 46.2 Å². The van der Waals surface area contributed by atoms with E-state index in [1.165, 1.54) is 12.1 Å². The van der Waals surface area contributed by atoms with Gasteiger partial charge in [-0.25, -0.2) is 13.2 Å². The van der Waals surface area contributed by atoms with Gasteiger partial charge in [0.05, 0.1) is 9.80 Å². The number of rotatable bonds is 7. The first-order valence-corrected chi connectivity index (χ1v) is 11.7. The molecule has 0 saturated carbocycles. The Bertz CT molecular complexity index is 1250. The van der Waals surface area contributed by atoms with Crippen molar-refractivity contribution in [1.82, 2.24) is 5.32 Å². The van der Waals surface area contributed by atoms with Crippen LogP contribution >= 0.6 is 0 Å². The number of hydrogen-bond acceptors (Lipinski definition) is 7. The van der Waals surface area contributed by atoms with Crippen LogP contribution in [0.2, 0.25) is 0 Å². The molecule has 0 bridgehead atoms. The van der Waals surface area contributed by atoms with E-state index in [0.29, 0.717) is 5.56 Å². The number of benzene rings is 2. The number of halogens is 1. The molecule has 0 radical (unpaired) electrons. The number of nitrogens with one attached hydrogen (secondary N) is 1. The molecule has 3 rings (SSSR count). The SMILES string of the molecule is CC(C)(C)OC(=O)CC[C@H](NC(=O)OCC1=Cc2c(ccc3ccccc23)S1(=O)=O)C(=O)F. The fourth-order valence-corrected chi connectivity index (χ4v) is 4.85. The van der Waals surface area contributed by atoms with Crippen LogP contribution < -0.4 is 5.32 Å². The highest BCUT2D eigenvalue weighted by atomic mass is 32.2. The summed E-state index contributed by atoms with van der Waals surface area (Å²) in [7, 11) is -3.86. The summed E-state index contributed by atoms with van der Waals surface area (Å²) in [5.74, 6) is -0.656. The van der Waals surface area contributed by atoms with Crippen LogP contribution in [0, 0.1) is 0 Å². The maximum absolute atomic E-state index is 13.3. The maximum Gasteiger partial charge on any atom is 0.408 e. The molecule has 1 N–H and O–H groups in total. The van der Waals surface area contributed by atoms with Crippen molar-refractivity contribution in [3.05, 3.63) is 46.9 Å². The van der Waals surface area contributed by atoms with E-state index in [9.17, 15) is 27.2 Å². The summed E-state index contributed by atoms with van der Waals surface area (Å²) in [6.07, 6.45) is -0.398. The molecule has 1 heterocycles. The van der Waals surface area contributed by atoms with Crippen LogP contribution in [-0.4, -0.2) is 44.8 Å². The maximum atomic E-state index is 13.3. The average molecular weight is 478 g/mol. The molecule has 0 saturated heterocycles. The number of amides is 1. The predicted octanol–water partition coefficient (Wildman–Crippen LogP) is 3.68. The van der Waals surface area contributed by atoms with Crippen molar-refractivity contribution >= 4 is 44.8 Å². The molecule has 0 fully saturated rings. The van der Waals surface area contributed by atoms with Crippen molar-refractivity contribution in [2.45, 2.75) is 50.2 Å². The van der Waals surface area contributed by atoms with E-state index in [2.05, 4.69) is 0 Å². The van der Waals surface area contributed by atoms with E-state index >= 15 is 0 Å². The summed E-state index contributed by atoms with van der Waals surface area (Å²) in [5, 5.41) is 3.62. The predicted molar refractivity (Wildman–Crippen MR) is 119 cm³/mol. The molecule has 2 aromatic carbocycles. The standard InChI is InChI=1S/C23H24FNO7S/c1-23(2,3)32-20(26)11-9-18(21(24)27)25-22(28)31-13-15-12-17-16-7-5-4-6-14(16)8-10-19(17)33(15,29)30/h4-8,10,12,18H,9,11,13H2,1-3H3,(H,25,28)/t18-/m0/s1. The second-order valence-electron chi connectivity index (χ2n) is 8.51. The van der Waals surface area contributed by atoms with Crippen molar-refractivity contribution in [2.75, 3.05) is 6.61 Å². The molecule has 8 nitrogen and oxygen atoms in total. The van der Waals surface area contributed by atoms with Gasteiger partial charge in [-0.1, -0.05) is 30.3 Å². The van der Waals surface area contributed by atoms with Gasteiger partial charge in [0.2, 0.25) is 9.84 Å². The molecule has 0 spiro atoms. The minimum absolute atomic E-state index is 0.106. The van der Waals surface area contributed by atoms with Crippen LogP contribution in [0.4, 0.5) is 9.18 Å². The number of esters is 1. The Morgan fingerprint density at radius 1 is 1.09 bits per heavy atom. The van der Waals surface area contributed by atoms with Gasteiger partial charge in [-0.2, -0.15) is 4.39 Å². The van der Waals surface area contributed by atoms with E-state index in [1.54, 1.807) is 39.0 Å². The number of ether oxygens (including phenoxy) is 2. The van der Waals surface area contributed by atoms with Gasteiger partial charge in [0.15, 0.2) is 0 Å². The molecular formula is C23H24FNO7S. The Balaban J connectivity index is 1.64. The molecule has 176 valence electrons. The van der Waals surface area contributed by atoms with E-state index in [1.807, 2.05) is 17.4 Å². The molecular weight excluding hydrogens is 453 g/mol. The van der Waals surface area contributed by atoms with Gasteiger partial charge in [-0.05, 0) is 50.1 Å². The fourth-order valence-electron chi connectivity index (χ4n) is 3.38. The molecule has 1 aliphatic heterocycles. The van der Waals surface area contributed by atoms with Crippen LogP contribution in [0.15, 0.2) is 46.2 Å². The van der Waals surface area contributed by atoms with Gasteiger partial charge in [0, 0.05) is 12.0 Å². The van der Waals surface area contributed by atoms with Gasteiger partial charge in [0.1, 0.15) is 18.2 Å². The van der Waals surface area contributed by atoms with Crippen molar-refractivity contribution in [3.8, 4) is 0 Å². The third-order valence-corrected chi connectivity index (χ3v) is 6.70. The molecule has 0 aromatic heterocycles. The lowest BCUT2D eigenvalue weighted by atomic mass is 10.0. The summed E-state index contributed by atoms with van der Waals surface area (Å²) < 4.78 is 49.0. The highest BCUT2D eigenvalue weighted by Gasteiger charge is 2.32. The molecule has 10 heteroatoms. The molecule has 0 aliphatic carbocycles. The minimum Gasteiger partial charge on any atom is -0.460 e. The smallest absolute Gasteiger partial charge is 0.408 e. The lowest BCUT2D eigenvalue weighted by Gasteiger charge is -2.20. The molecule has 0 unspecified atom stereocenters. The highest BCUT2D eigenvalue weighted by molar-refractivity contribution is 7.95. The lowest BCUT2D eigenvalue weighted by molar-refractivity contribution is -0.155. The molecule has 33 heavy (non-hydrogen) atoms. The van der Waals surface area contributed by atoms with Crippen molar-refractivity contribution in [3.63, 3.8) is 0 Å². The van der Waals surface area contributed by atoms with Gasteiger partial charge >= 0.3 is 18.1 Å². The Labute approximate surface area is 190 Å². The average Bonchev–Trinajstić information content (AvgIpc) is 2.98. The van der Waals surface area contributed by atoms with Gasteiger partial charge in [-0.15, -0.1) is 0 Å². The summed E-state index contributed by atoms with van der Waals surface area (Å²) in [6.45, 7) is 4.37. The minimum atomic E-state index is -3.86. The number of sulfone groups is 1. The molecule has 1 amide bonds. The zero-order valence-corrected chi connectivity index (χ0v) is 19.2. The number of carbonyl (C=O) groups is 3. The van der Waals surface area contributed by atoms with Crippen molar-refractivity contribution < 1.29 is 36.7 Å². The Kier molecular flexibility index (Phi) is 6.87. The first-order chi connectivity index (χ1) is 15.4. The third-order valence-electron chi connectivity index (χ3n) is 4.84. The van der Waals surface area contributed by atoms with Gasteiger partial charge in [0.25, 0.3) is 0 Å². The van der Waals surface area contributed by atoms with Crippen LogP contribution in [0.25, 0.3) is 16.8 Å². The molecule has 2 aromatic rings. The topological polar surface area (TPSA) is 116 Å². The third kappa shape index (κ3) is 5.75. The highest BCUT2D eigenvalue weighted by Crippen LogP contribution is 2.37. The summed E-state index contributed by atoms with van der Waals surface area (Å²) >= 11 is 0. The van der Waals surface area contributed by atoms with Crippen LogP contribution in [0.3, 0.4) is 0 Å². The number of hydrogen-bond donors (Lipinski definition) is 1. The summed E-state index contributed by atoms with van der Waals surface area (Å²) in [6, 6.07) is 6.96. The van der Waals surface area contributed by atoms with Crippen LogP contribution in [0.1, 0.15) is 39.2 Å². The lowest BCUT2D eigenvalue weighted by Crippen LogP contribution is -2.40. The summed E-state index contributed by atoms with van der Waals surface area (Å²) in [5.41, 5.74) is -0.247. The Morgan fingerprint density at radius 2 is 1.79 bits per heavy atom. The quantitative estimate of drug-likeness (QED) is 0.478. The summed E-state index contributed by atoms with van der Waals surface area (Å²) in [4.78, 5) is 35.0. The first-order valence-electron chi connectivity index (χ1n) is 10.2. The van der Waals surface area contributed by atoms with Gasteiger partial charge < -0.3 is 14.8 Å². The number of carbonyl (C=O) groups excluding carboxylic acids is 3. The number of alkyl carbamates (subject to hydrolysis) is 1. The second kappa shape index (κ2) is 9.30. The Hall–Kier alpha value is -3.27. The van der Waals surface area contributed by atoms with Crippen molar-refractivity contribution in [1.29, 1.82) is 0 Å².